The SMILES string of the molecule is C=Cc1ccc(C(C)NC(=O)C2CCCN(C(=O)C(C)NC(C)=O)N2)nc1C. The molecule has 3 amide bonds. The standard InChI is InChI=1S/C20H29N5O3/c1-6-16-9-10-17(22-12(16)2)13(3)23-19(27)18-8-7-11-25(24-18)20(28)14(4)21-15(5)26/h6,9-10,13-14,18,24H,1,7-8,11H2,2-5H3,(H,21,26)(H,23,27). The van der Waals surface area contributed by atoms with Gasteiger partial charge in [-0.05, 0) is 45.2 Å². The number of nitrogens with one attached hydrogen (secondary N) is 3. The summed E-state index contributed by atoms with van der Waals surface area (Å²) in [7, 11) is 0. The lowest BCUT2D eigenvalue weighted by Crippen LogP contribution is -2.60. The molecule has 0 radical (unpaired) electrons. The number of hydrazine groups is 1. The predicted octanol–water partition coefficient (Wildman–Crippen LogP) is 1.23. The minimum atomic E-state index is -0.652. The third kappa shape index (κ3) is 5.39. The highest BCUT2D eigenvalue weighted by Crippen LogP contribution is 2.16. The number of carbonyl (C=O) groups excluding carboxylic acids is 3. The van der Waals surface area contributed by atoms with Crippen molar-refractivity contribution in [3.05, 3.63) is 35.7 Å². The molecule has 1 fully saturated rings. The largest absolute Gasteiger partial charge is 0.347 e. The third-order valence-electron chi connectivity index (χ3n) is 4.73. The molecule has 8 nitrogen and oxygen atoms in total. The first kappa shape index (κ1) is 21.6. The van der Waals surface area contributed by atoms with Crippen molar-refractivity contribution in [1.82, 2.24) is 26.1 Å². The summed E-state index contributed by atoms with van der Waals surface area (Å²) in [5, 5.41) is 6.94. The molecule has 1 aromatic heterocycles. The van der Waals surface area contributed by atoms with Crippen molar-refractivity contribution in [2.45, 2.75) is 58.7 Å². The molecule has 3 atom stereocenters. The molecule has 8 heteroatoms. The molecule has 0 saturated carbocycles. The van der Waals surface area contributed by atoms with Gasteiger partial charge in [0.1, 0.15) is 12.1 Å². The zero-order valence-corrected chi connectivity index (χ0v) is 16.9. The van der Waals surface area contributed by atoms with Gasteiger partial charge in [0, 0.05) is 19.2 Å². The lowest BCUT2D eigenvalue weighted by atomic mass is 10.1. The summed E-state index contributed by atoms with van der Waals surface area (Å²) in [6.45, 7) is 11.0. The number of aryl methyl sites for hydroxylation is 1. The van der Waals surface area contributed by atoms with E-state index in [4.69, 9.17) is 0 Å². The maximum Gasteiger partial charge on any atom is 0.258 e. The van der Waals surface area contributed by atoms with Crippen molar-refractivity contribution in [2.24, 2.45) is 0 Å². The van der Waals surface area contributed by atoms with Gasteiger partial charge in [-0.1, -0.05) is 18.7 Å². The lowest BCUT2D eigenvalue weighted by Gasteiger charge is -2.35. The molecule has 3 N–H and O–H groups in total. The zero-order chi connectivity index (χ0) is 20.8. The van der Waals surface area contributed by atoms with Crippen LogP contribution in [0.2, 0.25) is 0 Å². The van der Waals surface area contributed by atoms with Crippen molar-refractivity contribution in [2.75, 3.05) is 6.54 Å². The van der Waals surface area contributed by atoms with Crippen molar-refractivity contribution < 1.29 is 14.4 Å². The molecule has 2 heterocycles. The summed E-state index contributed by atoms with van der Waals surface area (Å²) in [5.74, 6) is -0.728. The smallest absolute Gasteiger partial charge is 0.258 e. The Hall–Kier alpha value is -2.74. The first-order valence-electron chi connectivity index (χ1n) is 9.48. The molecule has 1 aliphatic rings. The molecule has 1 aliphatic heterocycles. The second-order valence-electron chi connectivity index (χ2n) is 7.08. The molecule has 1 aromatic rings. The maximum absolute atomic E-state index is 12.7. The van der Waals surface area contributed by atoms with Crippen LogP contribution in [-0.2, 0) is 14.4 Å². The minimum absolute atomic E-state index is 0.190. The first-order valence-corrected chi connectivity index (χ1v) is 9.48. The van der Waals surface area contributed by atoms with Gasteiger partial charge in [0.2, 0.25) is 11.8 Å². The maximum atomic E-state index is 12.7. The molecular weight excluding hydrogens is 358 g/mol. The summed E-state index contributed by atoms with van der Waals surface area (Å²) in [6.07, 6.45) is 3.07. The van der Waals surface area contributed by atoms with Gasteiger partial charge in [-0.15, -0.1) is 0 Å². The van der Waals surface area contributed by atoms with E-state index >= 15 is 0 Å². The van der Waals surface area contributed by atoms with Crippen molar-refractivity contribution in [1.29, 1.82) is 0 Å². The van der Waals surface area contributed by atoms with E-state index in [-0.39, 0.29) is 23.8 Å². The summed E-state index contributed by atoms with van der Waals surface area (Å²) < 4.78 is 0. The molecule has 2 rings (SSSR count). The van der Waals surface area contributed by atoms with E-state index in [0.29, 0.717) is 19.4 Å². The second-order valence-corrected chi connectivity index (χ2v) is 7.08. The van der Waals surface area contributed by atoms with Gasteiger partial charge in [0.25, 0.3) is 5.91 Å². The fourth-order valence-electron chi connectivity index (χ4n) is 3.17. The van der Waals surface area contributed by atoms with Crippen LogP contribution in [0.15, 0.2) is 18.7 Å². The van der Waals surface area contributed by atoms with Crippen LogP contribution in [0.1, 0.15) is 56.6 Å². The van der Waals surface area contributed by atoms with E-state index in [1.54, 1.807) is 13.0 Å². The summed E-state index contributed by atoms with van der Waals surface area (Å²) in [6, 6.07) is 2.36. The first-order chi connectivity index (χ1) is 13.2. The van der Waals surface area contributed by atoms with Crippen molar-refractivity contribution >= 4 is 23.8 Å². The van der Waals surface area contributed by atoms with Gasteiger partial charge < -0.3 is 10.6 Å². The Morgan fingerprint density at radius 3 is 2.64 bits per heavy atom. The van der Waals surface area contributed by atoms with E-state index < -0.39 is 12.1 Å². The highest BCUT2D eigenvalue weighted by Gasteiger charge is 2.31. The monoisotopic (exact) mass is 387 g/mol. The topological polar surface area (TPSA) is 103 Å². The highest BCUT2D eigenvalue weighted by molar-refractivity contribution is 5.87. The van der Waals surface area contributed by atoms with Crippen LogP contribution >= 0.6 is 0 Å². The number of amides is 3. The van der Waals surface area contributed by atoms with Crippen LogP contribution in [-0.4, -0.2) is 46.3 Å². The molecule has 0 aliphatic carbocycles. The van der Waals surface area contributed by atoms with Crippen LogP contribution in [0.5, 0.6) is 0 Å². The van der Waals surface area contributed by atoms with Crippen LogP contribution < -0.4 is 16.1 Å². The van der Waals surface area contributed by atoms with Gasteiger partial charge in [0.15, 0.2) is 0 Å². The zero-order valence-electron chi connectivity index (χ0n) is 16.9. The Balaban J connectivity index is 1.97. The summed E-state index contributed by atoms with van der Waals surface area (Å²) >= 11 is 0. The number of rotatable bonds is 6. The second kappa shape index (κ2) is 9.45. The van der Waals surface area contributed by atoms with Crippen molar-refractivity contribution in [3.8, 4) is 0 Å². The van der Waals surface area contributed by atoms with E-state index in [0.717, 1.165) is 17.0 Å². The van der Waals surface area contributed by atoms with E-state index in [9.17, 15) is 14.4 Å². The fraction of sp³-hybridized carbons (Fsp3) is 0.500. The molecular formula is C20H29N5O3. The van der Waals surface area contributed by atoms with Crippen LogP contribution in [0.25, 0.3) is 6.08 Å². The van der Waals surface area contributed by atoms with Gasteiger partial charge >= 0.3 is 0 Å². The molecule has 0 aromatic carbocycles. The van der Waals surface area contributed by atoms with Crippen LogP contribution in [0.3, 0.4) is 0 Å². The number of carbonyl (C=O) groups is 3. The predicted molar refractivity (Wildman–Crippen MR) is 107 cm³/mol. The fourth-order valence-corrected chi connectivity index (χ4v) is 3.17. The normalized spacial score (nSPS) is 18.7. The number of hydrogen-bond donors (Lipinski definition) is 3. The molecule has 0 bridgehead atoms. The highest BCUT2D eigenvalue weighted by atomic mass is 16.2. The Kier molecular flexibility index (Phi) is 7.28. The average Bonchev–Trinajstić information content (AvgIpc) is 2.66. The van der Waals surface area contributed by atoms with Gasteiger partial charge in [-0.2, -0.15) is 0 Å². The number of aromatic nitrogens is 1. The Bertz CT molecular complexity index is 764. The van der Waals surface area contributed by atoms with Crippen LogP contribution in [0, 0.1) is 6.92 Å². The van der Waals surface area contributed by atoms with Crippen LogP contribution in [0.4, 0.5) is 0 Å². The number of hydrogen-bond acceptors (Lipinski definition) is 5. The third-order valence-corrected chi connectivity index (χ3v) is 4.73. The lowest BCUT2D eigenvalue weighted by molar-refractivity contribution is -0.142. The number of pyridine rings is 1. The average molecular weight is 387 g/mol. The van der Waals surface area contributed by atoms with Gasteiger partial charge in [-0.25, -0.2) is 5.43 Å². The van der Waals surface area contributed by atoms with Gasteiger partial charge in [-0.3, -0.25) is 24.4 Å². The van der Waals surface area contributed by atoms with E-state index in [1.807, 2.05) is 26.0 Å². The quantitative estimate of drug-likeness (QED) is 0.681. The Morgan fingerprint density at radius 1 is 1.32 bits per heavy atom. The Morgan fingerprint density at radius 2 is 2.04 bits per heavy atom. The number of nitrogens with zero attached hydrogens (tertiary/aromatic N) is 2. The van der Waals surface area contributed by atoms with E-state index in [2.05, 4.69) is 27.6 Å². The molecule has 1 saturated heterocycles. The molecule has 3 unspecified atom stereocenters. The summed E-state index contributed by atoms with van der Waals surface area (Å²) in [5.41, 5.74) is 5.56. The van der Waals surface area contributed by atoms with Crippen molar-refractivity contribution in [3.63, 3.8) is 0 Å². The molecule has 152 valence electrons. The molecule has 0 spiro atoms. The minimum Gasteiger partial charge on any atom is -0.347 e. The van der Waals surface area contributed by atoms with Gasteiger partial charge in [0.05, 0.1) is 11.7 Å². The van der Waals surface area contributed by atoms with E-state index in [1.165, 1.54) is 11.9 Å². The Labute approximate surface area is 165 Å². The molecule has 28 heavy (non-hydrogen) atoms. The summed E-state index contributed by atoms with van der Waals surface area (Å²) in [4.78, 5) is 40.8.